The maximum absolute atomic E-state index is 12.5. The predicted octanol–water partition coefficient (Wildman–Crippen LogP) is 3.29. The second-order valence-corrected chi connectivity index (χ2v) is 6.33. The highest BCUT2D eigenvalue weighted by Gasteiger charge is 2.13. The summed E-state index contributed by atoms with van der Waals surface area (Å²) in [5, 5.41) is 11.0. The van der Waals surface area contributed by atoms with Gasteiger partial charge in [-0.3, -0.25) is 14.9 Å². The standard InChI is InChI=1S/C18H13N3O3S/c1-3-10-20-15-9-8-13(21(23)24)11-16(15)25-18(20)19-17(22)14-7-5-4-6-12(14)2/h1,4-9,11H,10H2,2H3. The fourth-order valence-corrected chi connectivity index (χ4v) is 3.53. The van der Waals surface area contributed by atoms with E-state index in [1.807, 2.05) is 19.1 Å². The van der Waals surface area contributed by atoms with Gasteiger partial charge in [0.1, 0.15) is 0 Å². The van der Waals surface area contributed by atoms with Crippen LogP contribution in [0, 0.1) is 29.4 Å². The Kier molecular flexibility index (Phi) is 4.46. The number of aryl methyl sites for hydroxylation is 1. The summed E-state index contributed by atoms with van der Waals surface area (Å²) < 4.78 is 2.36. The van der Waals surface area contributed by atoms with Gasteiger partial charge in [0.25, 0.3) is 11.6 Å². The number of terminal acetylenes is 1. The Labute approximate surface area is 147 Å². The zero-order valence-electron chi connectivity index (χ0n) is 13.3. The Bertz CT molecular complexity index is 1100. The number of hydrogen-bond donors (Lipinski definition) is 0. The first-order valence-electron chi connectivity index (χ1n) is 7.37. The fourth-order valence-electron chi connectivity index (χ4n) is 2.46. The monoisotopic (exact) mass is 351 g/mol. The molecule has 2 aromatic carbocycles. The fraction of sp³-hybridized carbons (Fsp3) is 0.111. The van der Waals surface area contributed by atoms with Crippen molar-refractivity contribution in [2.24, 2.45) is 4.99 Å². The molecule has 0 fully saturated rings. The van der Waals surface area contributed by atoms with E-state index < -0.39 is 4.92 Å². The van der Waals surface area contributed by atoms with Crippen molar-refractivity contribution in [2.75, 3.05) is 0 Å². The number of thiazole rings is 1. The Hall–Kier alpha value is -3.24. The number of carbonyl (C=O) groups is 1. The van der Waals surface area contributed by atoms with Gasteiger partial charge in [0.15, 0.2) is 4.80 Å². The Morgan fingerprint density at radius 1 is 1.36 bits per heavy atom. The number of fused-ring (bicyclic) bond motifs is 1. The molecule has 0 bridgehead atoms. The van der Waals surface area contributed by atoms with Gasteiger partial charge in [-0.25, -0.2) is 0 Å². The molecule has 7 heteroatoms. The van der Waals surface area contributed by atoms with E-state index in [0.29, 0.717) is 20.6 Å². The average molecular weight is 351 g/mol. The van der Waals surface area contributed by atoms with Gasteiger partial charge in [0.05, 0.1) is 21.7 Å². The number of non-ortho nitro benzene ring substituents is 1. The van der Waals surface area contributed by atoms with Crippen molar-refractivity contribution in [1.82, 2.24) is 4.57 Å². The maximum atomic E-state index is 12.5. The predicted molar refractivity (Wildman–Crippen MR) is 96.4 cm³/mol. The van der Waals surface area contributed by atoms with Crippen LogP contribution in [0.15, 0.2) is 47.5 Å². The van der Waals surface area contributed by atoms with Crippen LogP contribution >= 0.6 is 11.3 Å². The molecule has 0 atom stereocenters. The lowest BCUT2D eigenvalue weighted by atomic mass is 10.1. The summed E-state index contributed by atoms with van der Waals surface area (Å²) >= 11 is 1.20. The molecule has 1 aromatic heterocycles. The van der Waals surface area contributed by atoms with E-state index in [1.54, 1.807) is 22.8 Å². The Morgan fingerprint density at radius 3 is 2.80 bits per heavy atom. The smallest absolute Gasteiger partial charge is 0.279 e. The maximum Gasteiger partial charge on any atom is 0.279 e. The molecule has 0 saturated carbocycles. The molecule has 0 spiro atoms. The number of nitro benzene ring substituents is 1. The second kappa shape index (κ2) is 6.71. The second-order valence-electron chi connectivity index (χ2n) is 5.32. The summed E-state index contributed by atoms with van der Waals surface area (Å²) in [4.78, 5) is 27.6. The van der Waals surface area contributed by atoms with Gasteiger partial charge in [0, 0.05) is 17.7 Å². The Balaban J connectivity index is 2.19. The molecule has 0 aliphatic carbocycles. The van der Waals surface area contributed by atoms with Crippen LogP contribution in [0.4, 0.5) is 5.69 Å². The highest BCUT2D eigenvalue weighted by Crippen LogP contribution is 2.23. The van der Waals surface area contributed by atoms with Crippen LogP contribution in [0.3, 0.4) is 0 Å². The molecular weight excluding hydrogens is 338 g/mol. The average Bonchev–Trinajstić information content (AvgIpc) is 2.92. The number of amides is 1. The van der Waals surface area contributed by atoms with E-state index in [0.717, 1.165) is 5.56 Å². The van der Waals surface area contributed by atoms with Crippen molar-refractivity contribution in [3.05, 3.63) is 68.5 Å². The third-order valence-electron chi connectivity index (χ3n) is 3.70. The first-order chi connectivity index (χ1) is 12.0. The van der Waals surface area contributed by atoms with Gasteiger partial charge in [-0.1, -0.05) is 35.5 Å². The summed E-state index contributed by atoms with van der Waals surface area (Å²) in [6.45, 7) is 2.06. The number of nitrogens with zero attached hydrogens (tertiary/aromatic N) is 3. The van der Waals surface area contributed by atoms with Crippen LogP contribution in [0.5, 0.6) is 0 Å². The number of rotatable bonds is 3. The summed E-state index contributed by atoms with van der Waals surface area (Å²) in [6, 6.07) is 11.7. The molecule has 0 aliphatic heterocycles. The molecule has 1 heterocycles. The highest BCUT2D eigenvalue weighted by molar-refractivity contribution is 7.16. The van der Waals surface area contributed by atoms with Crippen molar-refractivity contribution < 1.29 is 9.72 Å². The van der Waals surface area contributed by atoms with E-state index in [9.17, 15) is 14.9 Å². The molecule has 0 N–H and O–H groups in total. The minimum Gasteiger partial charge on any atom is -0.305 e. The molecule has 3 aromatic rings. The van der Waals surface area contributed by atoms with Crippen LogP contribution in [0.25, 0.3) is 10.2 Å². The molecule has 25 heavy (non-hydrogen) atoms. The van der Waals surface area contributed by atoms with Crippen molar-refractivity contribution in [1.29, 1.82) is 0 Å². The van der Waals surface area contributed by atoms with Gasteiger partial charge >= 0.3 is 0 Å². The van der Waals surface area contributed by atoms with Crippen molar-refractivity contribution in [2.45, 2.75) is 13.5 Å². The molecule has 0 unspecified atom stereocenters. The Morgan fingerprint density at radius 2 is 2.12 bits per heavy atom. The van der Waals surface area contributed by atoms with Crippen molar-refractivity contribution in [3.8, 4) is 12.3 Å². The van der Waals surface area contributed by atoms with E-state index in [-0.39, 0.29) is 18.1 Å². The third-order valence-corrected chi connectivity index (χ3v) is 4.74. The van der Waals surface area contributed by atoms with Crippen LogP contribution in [-0.2, 0) is 6.54 Å². The van der Waals surface area contributed by atoms with E-state index in [2.05, 4.69) is 10.9 Å². The molecule has 1 amide bonds. The van der Waals surface area contributed by atoms with Gasteiger partial charge in [-0.15, -0.1) is 6.42 Å². The van der Waals surface area contributed by atoms with E-state index in [4.69, 9.17) is 6.42 Å². The van der Waals surface area contributed by atoms with Gasteiger partial charge in [-0.2, -0.15) is 4.99 Å². The van der Waals surface area contributed by atoms with Crippen LogP contribution in [0.1, 0.15) is 15.9 Å². The molecular formula is C18H13N3O3S. The lowest BCUT2D eigenvalue weighted by molar-refractivity contribution is -0.384. The molecule has 124 valence electrons. The quantitative estimate of drug-likeness (QED) is 0.413. The van der Waals surface area contributed by atoms with Gasteiger partial charge in [0.2, 0.25) is 0 Å². The number of aromatic nitrogens is 1. The summed E-state index contributed by atoms with van der Waals surface area (Å²) in [6.07, 6.45) is 5.42. The molecule has 0 saturated heterocycles. The van der Waals surface area contributed by atoms with Gasteiger partial charge < -0.3 is 4.57 Å². The molecule has 3 rings (SSSR count). The van der Waals surface area contributed by atoms with Crippen LogP contribution in [0.2, 0.25) is 0 Å². The van der Waals surface area contributed by atoms with Gasteiger partial charge in [-0.05, 0) is 24.6 Å². The molecule has 0 aliphatic rings. The van der Waals surface area contributed by atoms with E-state index >= 15 is 0 Å². The number of benzene rings is 2. The third kappa shape index (κ3) is 3.20. The minimum absolute atomic E-state index is 0.0154. The molecule has 0 radical (unpaired) electrons. The normalized spacial score (nSPS) is 11.4. The summed E-state index contributed by atoms with van der Waals surface area (Å²) in [5.74, 6) is 2.16. The zero-order valence-corrected chi connectivity index (χ0v) is 14.1. The number of carbonyl (C=O) groups excluding carboxylic acids is 1. The number of nitro groups is 1. The van der Waals surface area contributed by atoms with Crippen molar-refractivity contribution in [3.63, 3.8) is 0 Å². The minimum atomic E-state index is -0.458. The van der Waals surface area contributed by atoms with Crippen LogP contribution in [-0.4, -0.2) is 15.4 Å². The lowest BCUT2D eigenvalue weighted by Gasteiger charge is -2.01. The largest absolute Gasteiger partial charge is 0.305 e. The van der Waals surface area contributed by atoms with Crippen molar-refractivity contribution >= 4 is 33.1 Å². The van der Waals surface area contributed by atoms with E-state index in [1.165, 1.54) is 23.5 Å². The first-order valence-corrected chi connectivity index (χ1v) is 8.19. The topological polar surface area (TPSA) is 77.5 Å². The number of hydrogen-bond acceptors (Lipinski definition) is 4. The van der Waals surface area contributed by atoms with Crippen LogP contribution < -0.4 is 4.80 Å². The summed E-state index contributed by atoms with van der Waals surface area (Å²) in [7, 11) is 0. The zero-order chi connectivity index (χ0) is 18.0. The molecule has 6 nitrogen and oxygen atoms in total. The highest BCUT2D eigenvalue weighted by atomic mass is 32.1. The lowest BCUT2D eigenvalue weighted by Crippen LogP contribution is -2.16. The SMILES string of the molecule is C#CCn1c(=NC(=O)c2ccccc2C)sc2cc([N+](=O)[O-])ccc21. The summed E-state index contributed by atoms with van der Waals surface area (Å²) in [5.41, 5.74) is 2.04. The first kappa shape index (κ1) is 16.6.